The van der Waals surface area contributed by atoms with Crippen LogP contribution < -0.4 is 14.2 Å². The maximum absolute atomic E-state index is 13.0. The summed E-state index contributed by atoms with van der Waals surface area (Å²) in [5, 5.41) is 0. The fourth-order valence-corrected chi connectivity index (χ4v) is 3.08. The van der Waals surface area contributed by atoms with E-state index in [-0.39, 0.29) is 5.57 Å². The van der Waals surface area contributed by atoms with Crippen LogP contribution in [0.3, 0.4) is 0 Å². The molecule has 0 bridgehead atoms. The van der Waals surface area contributed by atoms with E-state index >= 15 is 0 Å². The van der Waals surface area contributed by atoms with E-state index in [1.54, 1.807) is 88.1 Å². The summed E-state index contributed by atoms with van der Waals surface area (Å²) in [7, 11) is 4.77. The van der Waals surface area contributed by atoms with Gasteiger partial charge in [-0.1, -0.05) is 48.6 Å². The zero-order chi connectivity index (χ0) is 24.3. The maximum atomic E-state index is 13.0. The quantitative estimate of drug-likeness (QED) is 0.225. The van der Waals surface area contributed by atoms with Gasteiger partial charge in [0, 0.05) is 0 Å². The third-order valence-corrected chi connectivity index (χ3v) is 5.04. The first kappa shape index (κ1) is 24.3. The van der Waals surface area contributed by atoms with Crippen LogP contribution in [-0.2, 0) is 9.59 Å². The standard InChI is InChI=1S/C29H26O5/c1-32-24-12-4-21(5-13-24)10-18-28(30)27(20-23-8-16-26(34-3)17-9-23)29(31)19-11-22-6-14-25(33-2)15-7-22/h4-20H,1-3H3/b18-10+,19-11+. The second kappa shape index (κ2) is 12.0. The van der Waals surface area contributed by atoms with E-state index in [0.29, 0.717) is 11.3 Å². The molecule has 0 fully saturated rings. The molecule has 3 rings (SSSR count). The van der Waals surface area contributed by atoms with Crippen LogP contribution in [0.25, 0.3) is 18.2 Å². The van der Waals surface area contributed by atoms with Gasteiger partial charge in [0.2, 0.25) is 0 Å². The van der Waals surface area contributed by atoms with Crippen molar-refractivity contribution in [2.45, 2.75) is 0 Å². The summed E-state index contributed by atoms with van der Waals surface area (Å²) in [5.41, 5.74) is 2.41. The van der Waals surface area contributed by atoms with Gasteiger partial charge in [0.15, 0.2) is 11.6 Å². The maximum Gasteiger partial charge on any atom is 0.189 e. The molecule has 3 aromatic rings. The molecule has 0 aromatic heterocycles. The number of carbonyl (C=O) groups is 2. The first-order chi connectivity index (χ1) is 16.5. The number of hydrogen-bond donors (Lipinski definition) is 0. The zero-order valence-corrected chi connectivity index (χ0v) is 19.4. The van der Waals surface area contributed by atoms with Crippen molar-refractivity contribution in [1.82, 2.24) is 0 Å². The summed E-state index contributed by atoms with van der Waals surface area (Å²) < 4.78 is 15.5. The average Bonchev–Trinajstić information content (AvgIpc) is 2.89. The van der Waals surface area contributed by atoms with Crippen molar-refractivity contribution in [3.05, 3.63) is 107 Å². The number of rotatable bonds is 10. The number of hydrogen-bond acceptors (Lipinski definition) is 5. The van der Waals surface area contributed by atoms with E-state index in [2.05, 4.69) is 0 Å². The molecule has 0 saturated heterocycles. The van der Waals surface area contributed by atoms with Gasteiger partial charge in [0.25, 0.3) is 0 Å². The van der Waals surface area contributed by atoms with Gasteiger partial charge in [-0.25, -0.2) is 0 Å². The van der Waals surface area contributed by atoms with Crippen LogP contribution in [0.1, 0.15) is 16.7 Å². The summed E-state index contributed by atoms with van der Waals surface area (Å²) in [5.74, 6) is 1.35. The molecule has 5 nitrogen and oxygen atoms in total. The number of methoxy groups -OCH3 is 3. The minimum absolute atomic E-state index is 0.0553. The molecule has 0 aliphatic rings. The molecule has 5 heteroatoms. The molecule has 34 heavy (non-hydrogen) atoms. The Kier molecular flexibility index (Phi) is 8.58. The molecule has 0 atom stereocenters. The molecule has 0 heterocycles. The fourth-order valence-electron chi connectivity index (χ4n) is 3.08. The first-order valence-electron chi connectivity index (χ1n) is 10.6. The van der Waals surface area contributed by atoms with E-state index in [4.69, 9.17) is 14.2 Å². The summed E-state index contributed by atoms with van der Waals surface area (Å²) in [6.07, 6.45) is 7.72. The topological polar surface area (TPSA) is 61.8 Å². The highest BCUT2D eigenvalue weighted by Crippen LogP contribution is 2.18. The lowest BCUT2D eigenvalue weighted by molar-refractivity contribution is -0.116. The Morgan fingerprint density at radius 3 is 1.18 bits per heavy atom. The van der Waals surface area contributed by atoms with E-state index in [1.807, 2.05) is 24.3 Å². The molecule has 3 aromatic carbocycles. The number of allylic oxidation sites excluding steroid dienone is 3. The van der Waals surface area contributed by atoms with Gasteiger partial charge in [-0.3, -0.25) is 9.59 Å². The minimum atomic E-state index is -0.393. The molecular weight excluding hydrogens is 428 g/mol. The molecule has 0 unspecified atom stereocenters. The Morgan fingerprint density at radius 1 is 0.529 bits per heavy atom. The van der Waals surface area contributed by atoms with Crippen molar-refractivity contribution in [3.63, 3.8) is 0 Å². The van der Waals surface area contributed by atoms with Crippen LogP contribution in [-0.4, -0.2) is 32.9 Å². The monoisotopic (exact) mass is 454 g/mol. The molecule has 0 amide bonds. The third-order valence-electron chi connectivity index (χ3n) is 5.04. The molecular formula is C29H26O5. The van der Waals surface area contributed by atoms with Crippen LogP contribution in [0.5, 0.6) is 17.2 Å². The smallest absolute Gasteiger partial charge is 0.189 e. The molecule has 0 radical (unpaired) electrons. The summed E-state index contributed by atoms with van der Waals surface area (Å²) >= 11 is 0. The van der Waals surface area contributed by atoms with Gasteiger partial charge < -0.3 is 14.2 Å². The van der Waals surface area contributed by atoms with Crippen molar-refractivity contribution in [3.8, 4) is 17.2 Å². The Balaban J connectivity index is 1.87. The predicted molar refractivity (Wildman–Crippen MR) is 135 cm³/mol. The van der Waals surface area contributed by atoms with Crippen LogP contribution >= 0.6 is 0 Å². The number of carbonyl (C=O) groups excluding carboxylic acids is 2. The van der Waals surface area contributed by atoms with Gasteiger partial charge >= 0.3 is 0 Å². The van der Waals surface area contributed by atoms with E-state index in [1.165, 1.54) is 12.2 Å². The second-order valence-corrected chi connectivity index (χ2v) is 7.27. The number of ketones is 2. The fraction of sp³-hybridized carbons (Fsp3) is 0.103. The van der Waals surface area contributed by atoms with E-state index < -0.39 is 11.6 Å². The van der Waals surface area contributed by atoms with Gasteiger partial charge in [-0.15, -0.1) is 0 Å². The second-order valence-electron chi connectivity index (χ2n) is 7.27. The summed E-state index contributed by atoms with van der Waals surface area (Å²) in [6.45, 7) is 0. The highest BCUT2D eigenvalue weighted by Gasteiger charge is 2.14. The summed E-state index contributed by atoms with van der Waals surface area (Å²) in [6, 6.07) is 21.7. The summed E-state index contributed by atoms with van der Waals surface area (Å²) in [4.78, 5) is 26.1. The highest BCUT2D eigenvalue weighted by molar-refractivity contribution is 6.31. The number of benzene rings is 3. The highest BCUT2D eigenvalue weighted by atomic mass is 16.5. The van der Waals surface area contributed by atoms with Crippen LogP contribution in [0, 0.1) is 0 Å². The largest absolute Gasteiger partial charge is 0.497 e. The van der Waals surface area contributed by atoms with Gasteiger partial charge in [-0.2, -0.15) is 0 Å². The Bertz CT molecular complexity index is 1130. The lowest BCUT2D eigenvalue weighted by Crippen LogP contribution is -2.08. The van der Waals surface area contributed by atoms with Crippen molar-refractivity contribution in [2.24, 2.45) is 0 Å². The Labute approximate surface area is 199 Å². The van der Waals surface area contributed by atoms with Crippen molar-refractivity contribution >= 4 is 29.8 Å². The minimum Gasteiger partial charge on any atom is -0.497 e. The predicted octanol–water partition coefficient (Wildman–Crippen LogP) is 5.66. The number of ether oxygens (including phenoxy) is 3. The van der Waals surface area contributed by atoms with Crippen molar-refractivity contribution < 1.29 is 23.8 Å². The molecule has 0 N–H and O–H groups in total. The van der Waals surface area contributed by atoms with Gasteiger partial charge in [-0.05, 0) is 71.3 Å². The molecule has 0 aliphatic carbocycles. The van der Waals surface area contributed by atoms with Crippen LogP contribution in [0.2, 0.25) is 0 Å². The lowest BCUT2D eigenvalue weighted by atomic mass is 10.0. The molecule has 0 aliphatic heterocycles. The van der Waals surface area contributed by atoms with Crippen molar-refractivity contribution in [2.75, 3.05) is 21.3 Å². The SMILES string of the molecule is COc1ccc(C=C(C(=O)/C=C/c2ccc(OC)cc2)C(=O)/C=C/c2ccc(OC)cc2)cc1. The lowest BCUT2D eigenvalue weighted by Gasteiger charge is -2.03. The van der Waals surface area contributed by atoms with Crippen LogP contribution in [0.15, 0.2) is 90.5 Å². The Hall–Kier alpha value is -4.38. The third kappa shape index (κ3) is 6.81. The Morgan fingerprint density at radius 2 is 0.853 bits per heavy atom. The van der Waals surface area contributed by atoms with E-state index in [0.717, 1.165) is 22.6 Å². The zero-order valence-electron chi connectivity index (χ0n) is 19.4. The van der Waals surface area contributed by atoms with Crippen molar-refractivity contribution in [1.29, 1.82) is 0 Å². The first-order valence-corrected chi connectivity index (χ1v) is 10.6. The molecule has 0 spiro atoms. The molecule has 172 valence electrons. The van der Waals surface area contributed by atoms with Crippen LogP contribution in [0.4, 0.5) is 0 Å². The van der Waals surface area contributed by atoms with E-state index in [9.17, 15) is 9.59 Å². The molecule has 0 saturated carbocycles. The normalized spacial score (nSPS) is 10.8. The van der Waals surface area contributed by atoms with Gasteiger partial charge in [0.1, 0.15) is 17.2 Å². The van der Waals surface area contributed by atoms with Gasteiger partial charge in [0.05, 0.1) is 26.9 Å². The average molecular weight is 455 g/mol.